The van der Waals surface area contributed by atoms with Gasteiger partial charge in [0.15, 0.2) is 18.2 Å². The molecule has 140 valence electrons. The van der Waals surface area contributed by atoms with Crippen LogP contribution in [0.1, 0.15) is 44.9 Å². The molecule has 4 aliphatic carbocycles. The first-order valence-electron chi connectivity index (χ1n) is 9.46. The topological polar surface area (TPSA) is 67.4 Å². The van der Waals surface area contributed by atoms with Crippen LogP contribution < -0.4 is 15.6 Å². The molecule has 4 fully saturated rings. The number of ether oxygens (including phenoxy) is 1. The number of hydrazine groups is 1. The van der Waals surface area contributed by atoms with E-state index in [0.29, 0.717) is 6.42 Å². The van der Waals surface area contributed by atoms with Gasteiger partial charge in [-0.2, -0.15) is 0 Å². The zero-order valence-corrected chi connectivity index (χ0v) is 14.8. The molecule has 4 aliphatic rings. The Morgan fingerprint density at radius 2 is 1.58 bits per heavy atom. The number of amides is 2. The predicted molar refractivity (Wildman–Crippen MR) is 93.4 cm³/mol. The number of hydrogen-bond donors (Lipinski definition) is 2. The van der Waals surface area contributed by atoms with Crippen molar-refractivity contribution in [1.29, 1.82) is 0 Å². The van der Waals surface area contributed by atoms with Crippen molar-refractivity contribution in [3.8, 4) is 5.75 Å². The molecule has 0 atom stereocenters. The van der Waals surface area contributed by atoms with E-state index in [1.54, 1.807) is 12.1 Å². The summed E-state index contributed by atoms with van der Waals surface area (Å²) < 4.78 is 18.6. The second kappa shape index (κ2) is 6.89. The fraction of sp³-hybridized carbons (Fsp3) is 0.600. The maximum Gasteiger partial charge on any atom is 0.276 e. The highest BCUT2D eigenvalue weighted by atomic mass is 19.1. The van der Waals surface area contributed by atoms with Crippen LogP contribution in [0, 0.1) is 29.0 Å². The Balaban J connectivity index is 1.23. The van der Waals surface area contributed by atoms with Crippen molar-refractivity contribution in [2.45, 2.75) is 44.9 Å². The minimum absolute atomic E-state index is 0.0162. The fourth-order valence-corrected chi connectivity index (χ4v) is 5.77. The van der Waals surface area contributed by atoms with Crippen molar-refractivity contribution in [2.24, 2.45) is 23.2 Å². The summed E-state index contributed by atoms with van der Waals surface area (Å²) in [4.78, 5) is 24.2. The molecule has 5 nitrogen and oxygen atoms in total. The number of halogens is 1. The Labute approximate surface area is 152 Å². The van der Waals surface area contributed by atoms with Gasteiger partial charge in [0.25, 0.3) is 5.91 Å². The van der Waals surface area contributed by atoms with Crippen LogP contribution in [0.15, 0.2) is 24.3 Å². The van der Waals surface area contributed by atoms with Gasteiger partial charge in [-0.1, -0.05) is 12.1 Å². The van der Waals surface area contributed by atoms with Gasteiger partial charge in [-0.3, -0.25) is 20.4 Å². The van der Waals surface area contributed by atoms with Crippen molar-refractivity contribution in [1.82, 2.24) is 10.9 Å². The number of benzene rings is 1. The summed E-state index contributed by atoms with van der Waals surface area (Å²) in [7, 11) is 0. The molecule has 2 amide bonds. The zero-order valence-electron chi connectivity index (χ0n) is 14.8. The van der Waals surface area contributed by atoms with Crippen LogP contribution in [0.3, 0.4) is 0 Å². The van der Waals surface area contributed by atoms with E-state index < -0.39 is 11.7 Å². The Kier molecular flexibility index (Phi) is 4.59. The van der Waals surface area contributed by atoms with E-state index in [4.69, 9.17) is 4.74 Å². The molecule has 1 aromatic rings. The first kappa shape index (κ1) is 17.3. The molecule has 4 saturated carbocycles. The van der Waals surface area contributed by atoms with Crippen molar-refractivity contribution in [3.63, 3.8) is 0 Å². The normalized spacial score (nSPS) is 31.5. The third-order valence-electron chi connectivity index (χ3n) is 6.24. The van der Waals surface area contributed by atoms with Gasteiger partial charge in [-0.25, -0.2) is 4.39 Å². The Hall–Kier alpha value is -2.11. The third-order valence-corrected chi connectivity index (χ3v) is 6.24. The molecule has 5 rings (SSSR count). The van der Waals surface area contributed by atoms with Gasteiger partial charge >= 0.3 is 0 Å². The highest BCUT2D eigenvalue weighted by molar-refractivity contribution is 5.83. The lowest BCUT2D eigenvalue weighted by Crippen LogP contribution is -2.50. The molecule has 0 aromatic heterocycles. The summed E-state index contributed by atoms with van der Waals surface area (Å²) in [5, 5.41) is 0. The first-order valence-corrected chi connectivity index (χ1v) is 9.46. The molecular weight excluding hydrogens is 335 g/mol. The summed E-state index contributed by atoms with van der Waals surface area (Å²) in [6, 6.07) is 5.89. The smallest absolute Gasteiger partial charge is 0.276 e. The van der Waals surface area contributed by atoms with Crippen LogP contribution in [-0.2, 0) is 9.59 Å². The fourth-order valence-electron chi connectivity index (χ4n) is 5.77. The Bertz CT molecular complexity index is 671. The summed E-state index contributed by atoms with van der Waals surface area (Å²) in [6.45, 7) is -0.349. The van der Waals surface area contributed by atoms with E-state index >= 15 is 0 Å². The van der Waals surface area contributed by atoms with Crippen molar-refractivity contribution in [3.05, 3.63) is 30.1 Å². The minimum atomic E-state index is -0.522. The average molecular weight is 360 g/mol. The molecule has 0 heterocycles. The predicted octanol–water partition coefficient (Wildman–Crippen LogP) is 2.96. The number of nitrogens with one attached hydrogen (secondary N) is 2. The van der Waals surface area contributed by atoms with E-state index in [-0.39, 0.29) is 23.7 Å². The molecular formula is C20H25FN2O3. The average Bonchev–Trinajstić information content (AvgIpc) is 2.57. The van der Waals surface area contributed by atoms with Crippen molar-refractivity contribution in [2.75, 3.05) is 6.61 Å². The molecule has 4 bridgehead atoms. The van der Waals surface area contributed by atoms with Crippen LogP contribution in [0.2, 0.25) is 0 Å². The lowest BCUT2D eigenvalue weighted by atomic mass is 9.49. The molecule has 0 aliphatic heterocycles. The van der Waals surface area contributed by atoms with E-state index in [1.165, 1.54) is 31.4 Å². The van der Waals surface area contributed by atoms with Gasteiger partial charge < -0.3 is 4.74 Å². The molecule has 6 heteroatoms. The molecule has 0 spiro atoms. The first-order chi connectivity index (χ1) is 12.5. The maximum atomic E-state index is 13.4. The van der Waals surface area contributed by atoms with Crippen LogP contribution in [0.25, 0.3) is 0 Å². The third kappa shape index (κ3) is 3.69. The standard InChI is InChI=1S/C20H25FN2O3/c21-16-3-1-2-4-17(16)26-12-19(25)23-22-18(24)11-20-8-13-5-14(9-20)7-15(6-13)10-20/h1-4,13-15H,5-12H2,(H,22,24)(H,23,25). The summed E-state index contributed by atoms with van der Waals surface area (Å²) in [5.74, 6) is 1.21. The van der Waals surface area contributed by atoms with Crippen molar-refractivity contribution < 1.29 is 18.7 Å². The monoisotopic (exact) mass is 360 g/mol. The molecule has 26 heavy (non-hydrogen) atoms. The van der Waals surface area contributed by atoms with Crippen LogP contribution in [0.5, 0.6) is 5.75 Å². The lowest BCUT2D eigenvalue weighted by Gasteiger charge is -2.56. The highest BCUT2D eigenvalue weighted by Crippen LogP contribution is 2.61. The lowest BCUT2D eigenvalue weighted by molar-refractivity contribution is -0.134. The quantitative estimate of drug-likeness (QED) is 0.794. The van der Waals surface area contributed by atoms with Gasteiger partial charge in [0.05, 0.1) is 0 Å². The summed E-state index contributed by atoms with van der Waals surface area (Å²) >= 11 is 0. The minimum Gasteiger partial charge on any atom is -0.481 e. The highest BCUT2D eigenvalue weighted by Gasteiger charge is 2.51. The Morgan fingerprint density at radius 1 is 1.00 bits per heavy atom. The molecule has 0 unspecified atom stereocenters. The molecule has 1 aromatic carbocycles. The van der Waals surface area contributed by atoms with Crippen molar-refractivity contribution >= 4 is 11.8 Å². The zero-order chi connectivity index (χ0) is 18.1. The van der Waals surface area contributed by atoms with Gasteiger partial charge in [-0.15, -0.1) is 0 Å². The van der Waals surface area contributed by atoms with E-state index in [0.717, 1.165) is 37.0 Å². The molecule has 0 radical (unpaired) electrons. The SMILES string of the molecule is O=C(COc1ccccc1F)NNC(=O)CC12CC3CC(CC(C3)C1)C2. The second-order valence-electron chi connectivity index (χ2n) is 8.41. The number of carbonyl (C=O) groups is 2. The van der Waals surface area contributed by atoms with Crippen LogP contribution in [-0.4, -0.2) is 18.4 Å². The Morgan fingerprint density at radius 3 is 2.19 bits per heavy atom. The van der Waals surface area contributed by atoms with E-state index in [1.807, 2.05) is 0 Å². The van der Waals surface area contributed by atoms with Gasteiger partial charge in [0, 0.05) is 6.42 Å². The van der Waals surface area contributed by atoms with E-state index in [2.05, 4.69) is 10.9 Å². The van der Waals surface area contributed by atoms with Gasteiger partial charge in [0.1, 0.15) is 0 Å². The largest absolute Gasteiger partial charge is 0.481 e. The number of para-hydroxylation sites is 1. The number of carbonyl (C=O) groups excluding carboxylic acids is 2. The van der Waals surface area contributed by atoms with Crippen LogP contribution >= 0.6 is 0 Å². The maximum absolute atomic E-state index is 13.4. The number of hydrogen-bond acceptors (Lipinski definition) is 3. The van der Waals surface area contributed by atoms with Gasteiger partial charge in [0.2, 0.25) is 5.91 Å². The van der Waals surface area contributed by atoms with E-state index in [9.17, 15) is 14.0 Å². The summed E-state index contributed by atoms with van der Waals surface area (Å²) in [6.07, 6.45) is 7.94. The summed E-state index contributed by atoms with van der Waals surface area (Å²) in [5.41, 5.74) is 5.00. The molecule has 0 saturated heterocycles. The molecule has 2 N–H and O–H groups in total. The van der Waals surface area contributed by atoms with Crippen LogP contribution in [0.4, 0.5) is 4.39 Å². The number of rotatable bonds is 5. The van der Waals surface area contributed by atoms with Gasteiger partial charge in [-0.05, 0) is 73.8 Å². The second-order valence-corrected chi connectivity index (χ2v) is 8.41.